The predicted molar refractivity (Wildman–Crippen MR) is 95.4 cm³/mol. The molecular formula is C15H12ClIN2OS. The summed E-state index contributed by atoms with van der Waals surface area (Å²) in [6.07, 6.45) is 0. The fourth-order valence-electron chi connectivity index (χ4n) is 2.01. The second-order valence-electron chi connectivity index (χ2n) is 4.64. The number of benzene rings is 1. The van der Waals surface area contributed by atoms with E-state index >= 15 is 0 Å². The third-order valence-corrected chi connectivity index (χ3v) is 5.24. The van der Waals surface area contributed by atoms with Gasteiger partial charge in [0.15, 0.2) is 5.82 Å². The Hall–Kier alpha value is -0.920. The third kappa shape index (κ3) is 3.14. The maximum atomic E-state index is 6.29. The van der Waals surface area contributed by atoms with Gasteiger partial charge in [-0.3, -0.25) is 0 Å². The van der Waals surface area contributed by atoms with Crippen molar-refractivity contribution < 1.29 is 4.74 Å². The zero-order chi connectivity index (χ0) is 15.0. The Balaban J connectivity index is 1.88. The number of thiophene rings is 1. The second-order valence-corrected chi connectivity index (χ2v) is 7.45. The van der Waals surface area contributed by atoms with Gasteiger partial charge in [0.2, 0.25) is 0 Å². The molecule has 0 atom stereocenters. The van der Waals surface area contributed by atoms with Crippen molar-refractivity contribution in [2.45, 2.75) is 20.5 Å². The van der Waals surface area contributed by atoms with Crippen LogP contribution in [0.3, 0.4) is 0 Å². The van der Waals surface area contributed by atoms with Gasteiger partial charge in [-0.05, 0) is 60.2 Å². The molecule has 3 nitrogen and oxygen atoms in total. The number of aryl methyl sites for hydroxylation is 2. The summed E-state index contributed by atoms with van der Waals surface area (Å²) in [6, 6.07) is 7.87. The van der Waals surface area contributed by atoms with Crippen molar-refractivity contribution in [3.05, 3.63) is 49.3 Å². The molecule has 0 bridgehead atoms. The van der Waals surface area contributed by atoms with Gasteiger partial charge >= 0.3 is 0 Å². The van der Waals surface area contributed by atoms with Crippen molar-refractivity contribution >= 4 is 55.7 Å². The van der Waals surface area contributed by atoms with E-state index in [0.29, 0.717) is 17.6 Å². The summed E-state index contributed by atoms with van der Waals surface area (Å²) in [5, 5.41) is 1.46. The van der Waals surface area contributed by atoms with Gasteiger partial charge in [0.05, 0.1) is 5.39 Å². The molecule has 2 aromatic heterocycles. The molecule has 0 aliphatic carbocycles. The number of hydrogen-bond acceptors (Lipinski definition) is 4. The molecule has 6 heteroatoms. The smallest absolute Gasteiger partial charge is 0.169 e. The quantitative estimate of drug-likeness (QED) is 0.426. The van der Waals surface area contributed by atoms with Crippen LogP contribution >= 0.6 is 45.5 Å². The molecule has 0 aliphatic rings. The first kappa shape index (κ1) is 15.0. The highest BCUT2D eigenvalue weighted by Crippen LogP contribution is 2.33. The predicted octanol–water partition coefficient (Wildman–Crippen LogP) is 5.15. The summed E-state index contributed by atoms with van der Waals surface area (Å²) >= 11 is 10.2. The summed E-state index contributed by atoms with van der Waals surface area (Å²) < 4.78 is 6.86. The van der Waals surface area contributed by atoms with Gasteiger partial charge in [0.25, 0.3) is 0 Å². The molecule has 0 unspecified atom stereocenters. The number of rotatable bonds is 3. The monoisotopic (exact) mass is 430 g/mol. The Bertz CT molecular complexity index is 819. The molecule has 0 fully saturated rings. The van der Waals surface area contributed by atoms with Crippen LogP contribution in [0.25, 0.3) is 10.2 Å². The van der Waals surface area contributed by atoms with E-state index in [0.717, 1.165) is 25.1 Å². The minimum absolute atomic E-state index is 0.311. The molecular weight excluding hydrogens is 419 g/mol. The van der Waals surface area contributed by atoms with Crippen LogP contribution in [0.15, 0.2) is 24.3 Å². The van der Waals surface area contributed by atoms with Gasteiger partial charge < -0.3 is 4.74 Å². The van der Waals surface area contributed by atoms with Crippen molar-refractivity contribution in [2.24, 2.45) is 0 Å². The van der Waals surface area contributed by atoms with Crippen LogP contribution in [0.2, 0.25) is 5.15 Å². The molecule has 0 saturated heterocycles. The fourth-order valence-corrected chi connectivity index (χ4v) is 3.96. The zero-order valence-electron chi connectivity index (χ0n) is 11.5. The largest absolute Gasteiger partial charge is 0.486 e. The fraction of sp³-hybridized carbons (Fsp3) is 0.200. The number of ether oxygens (including phenoxy) is 1. The molecule has 0 spiro atoms. The Morgan fingerprint density at radius 3 is 2.86 bits per heavy atom. The van der Waals surface area contributed by atoms with E-state index in [9.17, 15) is 0 Å². The van der Waals surface area contributed by atoms with E-state index in [1.165, 1.54) is 4.88 Å². The van der Waals surface area contributed by atoms with Gasteiger partial charge in [-0.2, -0.15) is 0 Å². The average Bonchev–Trinajstić information content (AvgIpc) is 2.72. The minimum atomic E-state index is 0.311. The normalized spacial score (nSPS) is 11.0. The highest BCUT2D eigenvalue weighted by molar-refractivity contribution is 14.1. The second kappa shape index (κ2) is 6.06. The van der Waals surface area contributed by atoms with E-state index in [-0.39, 0.29) is 0 Å². The highest BCUT2D eigenvalue weighted by Gasteiger charge is 2.13. The first-order chi connectivity index (χ1) is 10.0. The Morgan fingerprint density at radius 1 is 1.29 bits per heavy atom. The molecule has 21 heavy (non-hydrogen) atoms. The highest BCUT2D eigenvalue weighted by atomic mass is 127. The van der Waals surface area contributed by atoms with Crippen LogP contribution in [-0.4, -0.2) is 9.97 Å². The number of fused-ring (bicyclic) bond motifs is 1. The van der Waals surface area contributed by atoms with Gasteiger partial charge in [-0.25, -0.2) is 9.97 Å². The zero-order valence-corrected chi connectivity index (χ0v) is 15.2. The van der Waals surface area contributed by atoms with Crippen LogP contribution in [0, 0.1) is 17.4 Å². The standard InChI is InChI=1S/C15H12ClIN2OS/c1-8-9(2)21-15-13(8)14(16)18-12(19-15)7-20-11-5-3-4-10(17)6-11/h3-6H,7H2,1-2H3. The molecule has 0 aliphatic heterocycles. The van der Waals surface area contributed by atoms with E-state index < -0.39 is 0 Å². The van der Waals surface area contributed by atoms with E-state index in [2.05, 4.69) is 39.5 Å². The molecule has 0 amide bonds. The van der Waals surface area contributed by atoms with Gasteiger partial charge in [-0.1, -0.05) is 17.7 Å². The lowest BCUT2D eigenvalue weighted by Crippen LogP contribution is -2.02. The average molecular weight is 431 g/mol. The Morgan fingerprint density at radius 2 is 2.10 bits per heavy atom. The molecule has 0 saturated carbocycles. The number of hydrogen-bond donors (Lipinski definition) is 0. The van der Waals surface area contributed by atoms with Crippen molar-refractivity contribution in [1.29, 1.82) is 0 Å². The van der Waals surface area contributed by atoms with Crippen LogP contribution < -0.4 is 4.74 Å². The molecule has 0 N–H and O–H groups in total. The topological polar surface area (TPSA) is 35.0 Å². The lowest BCUT2D eigenvalue weighted by molar-refractivity contribution is 0.296. The molecule has 3 rings (SSSR count). The summed E-state index contributed by atoms with van der Waals surface area (Å²) in [7, 11) is 0. The molecule has 2 heterocycles. The lowest BCUT2D eigenvalue weighted by atomic mass is 10.2. The first-order valence-electron chi connectivity index (χ1n) is 6.35. The summed E-state index contributed by atoms with van der Waals surface area (Å²) in [5.74, 6) is 1.41. The van der Waals surface area contributed by atoms with Crippen molar-refractivity contribution in [2.75, 3.05) is 0 Å². The summed E-state index contributed by atoms with van der Waals surface area (Å²) in [6.45, 7) is 4.43. The van der Waals surface area contributed by atoms with Gasteiger partial charge in [-0.15, -0.1) is 11.3 Å². The Kier molecular flexibility index (Phi) is 4.33. The van der Waals surface area contributed by atoms with E-state index in [1.807, 2.05) is 31.2 Å². The van der Waals surface area contributed by atoms with Crippen molar-refractivity contribution in [3.63, 3.8) is 0 Å². The van der Waals surface area contributed by atoms with Crippen LogP contribution in [-0.2, 0) is 6.61 Å². The lowest BCUT2D eigenvalue weighted by Gasteiger charge is -2.06. The summed E-state index contributed by atoms with van der Waals surface area (Å²) in [5.41, 5.74) is 1.16. The van der Waals surface area contributed by atoms with Crippen molar-refractivity contribution in [3.8, 4) is 5.75 Å². The number of halogens is 2. The van der Waals surface area contributed by atoms with Crippen LogP contribution in [0.5, 0.6) is 5.75 Å². The first-order valence-corrected chi connectivity index (χ1v) is 8.62. The van der Waals surface area contributed by atoms with Gasteiger partial charge in [0.1, 0.15) is 22.3 Å². The van der Waals surface area contributed by atoms with E-state index in [1.54, 1.807) is 11.3 Å². The minimum Gasteiger partial charge on any atom is -0.486 e. The van der Waals surface area contributed by atoms with E-state index in [4.69, 9.17) is 16.3 Å². The maximum absolute atomic E-state index is 6.29. The molecule has 108 valence electrons. The van der Waals surface area contributed by atoms with Crippen LogP contribution in [0.1, 0.15) is 16.3 Å². The summed E-state index contributed by atoms with van der Waals surface area (Å²) in [4.78, 5) is 11.0. The number of nitrogens with zero attached hydrogens (tertiary/aromatic N) is 2. The maximum Gasteiger partial charge on any atom is 0.169 e. The van der Waals surface area contributed by atoms with Crippen molar-refractivity contribution in [1.82, 2.24) is 9.97 Å². The van der Waals surface area contributed by atoms with Crippen LogP contribution in [0.4, 0.5) is 0 Å². The molecule has 1 aromatic carbocycles. The van der Waals surface area contributed by atoms with Gasteiger partial charge in [0, 0.05) is 8.45 Å². The molecule has 3 aromatic rings. The Labute approximate surface area is 145 Å². The number of aromatic nitrogens is 2. The molecule has 0 radical (unpaired) electrons. The SMILES string of the molecule is Cc1sc2nc(COc3cccc(I)c3)nc(Cl)c2c1C. The third-order valence-electron chi connectivity index (χ3n) is 3.19.